The molecule has 9 nitrogen and oxygen atoms in total. The minimum atomic E-state index is -0.431. The summed E-state index contributed by atoms with van der Waals surface area (Å²) in [6, 6.07) is 5.54. The number of esters is 1. The highest BCUT2D eigenvalue weighted by Crippen LogP contribution is 2.46. The Kier molecular flexibility index (Phi) is 5.59. The van der Waals surface area contributed by atoms with Crippen molar-refractivity contribution in [2.45, 2.75) is 59.4 Å². The van der Waals surface area contributed by atoms with E-state index in [0.717, 1.165) is 11.1 Å². The van der Waals surface area contributed by atoms with Crippen molar-refractivity contribution in [2.75, 3.05) is 7.11 Å². The number of aromatic nitrogens is 2. The normalized spacial score (nSPS) is 19.8. The molecule has 0 radical (unpaired) electrons. The van der Waals surface area contributed by atoms with Crippen LogP contribution in [-0.4, -0.2) is 33.6 Å². The number of nitrogens with zero attached hydrogens (tertiary/aromatic N) is 3. The zero-order chi connectivity index (χ0) is 24.1. The second-order valence-corrected chi connectivity index (χ2v) is 9.51. The van der Waals surface area contributed by atoms with E-state index in [1.165, 1.54) is 0 Å². The second-order valence-electron chi connectivity index (χ2n) is 9.51. The van der Waals surface area contributed by atoms with Crippen molar-refractivity contribution in [1.29, 1.82) is 0 Å². The van der Waals surface area contributed by atoms with E-state index < -0.39 is 10.8 Å². The molecule has 2 aliphatic rings. The molecule has 0 unspecified atom stereocenters. The van der Waals surface area contributed by atoms with Crippen molar-refractivity contribution in [3.8, 4) is 5.75 Å². The van der Waals surface area contributed by atoms with E-state index in [1.807, 2.05) is 26.0 Å². The van der Waals surface area contributed by atoms with Crippen molar-refractivity contribution in [2.24, 2.45) is 5.41 Å². The number of Topliss-reactive ketones (excluding diaryl/α,β-unsaturated/α-hetero) is 1. The summed E-state index contributed by atoms with van der Waals surface area (Å²) >= 11 is 0. The van der Waals surface area contributed by atoms with Gasteiger partial charge in [-0.15, -0.1) is 0 Å². The van der Waals surface area contributed by atoms with Gasteiger partial charge in [0.2, 0.25) is 0 Å². The van der Waals surface area contributed by atoms with Crippen LogP contribution in [0.5, 0.6) is 5.75 Å². The number of nitro groups is 1. The Balaban J connectivity index is 1.76. The second kappa shape index (κ2) is 8.13. The van der Waals surface area contributed by atoms with E-state index in [4.69, 9.17) is 9.47 Å². The summed E-state index contributed by atoms with van der Waals surface area (Å²) in [4.78, 5) is 36.4. The first-order valence-corrected chi connectivity index (χ1v) is 10.8. The van der Waals surface area contributed by atoms with Crippen LogP contribution in [0, 0.1) is 29.4 Å². The average molecular weight is 453 g/mol. The fourth-order valence-corrected chi connectivity index (χ4v) is 4.90. The van der Waals surface area contributed by atoms with E-state index in [2.05, 4.69) is 5.10 Å². The van der Waals surface area contributed by atoms with Crippen LogP contribution < -0.4 is 4.74 Å². The van der Waals surface area contributed by atoms with Crippen LogP contribution in [0.3, 0.4) is 0 Å². The molecule has 0 N–H and O–H groups in total. The number of allylic oxidation sites excluding steroid dienone is 2. The first-order chi connectivity index (χ1) is 15.5. The van der Waals surface area contributed by atoms with Gasteiger partial charge in [0, 0.05) is 29.9 Å². The lowest BCUT2D eigenvalue weighted by Crippen LogP contribution is -2.33. The minimum Gasteiger partial charge on any atom is -0.496 e. The zero-order valence-corrected chi connectivity index (χ0v) is 19.4. The predicted molar refractivity (Wildman–Crippen MR) is 119 cm³/mol. The third kappa shape index (κ3) is 4.15. The summed E-state index contributed by atoms with van der Waals surface area (Å²) in [5, 5.41) is 15.7. The van der Waals surface area contributed by atoms with Gasteiger partial charge in [-0.2, -0.15) is 5.10 Å². The van der Waals surface area contributed by atoms with Crippen molar-refractivity contribution in [1.82, 2.24) is 9.78 Å². The maximum Gasteiger partial charge on any atom is 0.312 e. The summed E-state index contributed by atoms with van der Waals surface area (Å²) in [6.07, 6.45) is 1.02. The molecule has 0 amide bonds. The van der Waals surface area contributed by atoms with Crippen LogP contribution in [0.2, 0.25) is 0 Å². The third-order valence-corrected chi connectivity index (χ3v) is 6.39. The summed E-state index contributed by atoms with van der Waals surface area (Å²) in [7, 11) is 1.55. The molecule has 2 heterocycles. The number of methoxy groups -OCH3 is 1. The highest BCUT2D eigenvalue weighted by atomic mass is 16.6. The maximum atomic E-state index is 13.0. The Bertz CT molecular complexity index is 1210. The lowest BCUT2D eigenvalue weighted by molar-refractivity contribution is -0.386. The zero-order valence-electron chi connectivity index (χ0n) is 19.4. The lowest BCUT2D eigenvalue weighted by Gasteiger charge is -2.36. The first-order valence-electron chi connectivity index (χ1n) is 10.8. The van der Waals surface area contributed by atoms with Crippen molar-refractivity contribution >= 4 is 17.4 Å². The number of hydrogen-bond acceptors (Lipinski definition) is 7. The van der Waals surface area contributed by atoms with E-state index in [1.54, 1.807) is 31.7 Å². The number of benzene rings is 1. The average Bonchev–Trinajstić information content (AvgIpc) is 2.99. The number of hydrogen-bond donors (Lipinski definition) is 0. The molecule has 1 aromatic carbocycles. The maximum absolute atomic E-state index is 13.0. The van der Waals surface area contributed by atoms with Gasteiger partial charge in [0.25, 0.3) is 0 Å². The molecule has 0 saturated carbocycles. The summed E-state index contributed by atoms with van der Waals surface area (Å²) < 4.78 is 12.6. The molecule has 33 heavy (non-hydrogen) atoms. The number of aryl methyl sites for hydroxylation is 1. The topological polar surface area (TPSA) is 114 Å². The highest BCUT2D eigenvalue weighted by Gasteiger charge is 2.42. The Morgan fingerprint density at radius 1 is 1.27 bits per heavy atom. The fourth-order valence-electron chi connectivity index (χ4n) is 4.90. The number of ketones is 1. The molecule has 1 aromatic heterocycles. The largest absolute Gasteiger partial charge is 0.496 e. The Hall–Kier alpha value is -3.49. The van der Waals surface area contributed by atoms with Gasteiger partial charge in [-0.1, -0.05) is 19.9 Å². The lowest BCUT2D eigenvalue weighted by atomic mass is 9.71. The van der Waals surface area contributed by atoms with Gasteiger partial charge >= 0.3 is 11.7 Å². The van der Waals surface area contributed by atoms with Gasteiger partial charge < -0.3 is 9.47 Å². The molecular weight excluding hydrogens is 426 g/mol. The van der Waals surface area contributed by atoms with Gasteiger partial charge in [-0.25, -0.2) is 0 Å². The van der Waals surface area contributed by atoms with E-state index >= 15 is 0 Å². The summed E-state index contributed by atoms with van der Waals surface area (Å²) in [5.74, 6) is 0.326. The van der Waals surface area contributed by atoms with Gasteiger partial charge in [-0.3, -0.25) is 24.4 Å². The first kappa shape index (κ1) is 22.7. The molecule has 9 heteroatoms. The summed E-state index contributed by atoms with van der Waals surface area (Å²) in [5.41, 5.74) is 2.65. The standard InChI is InChI=1S/C24H27N3O6/c1-13-23(27(30)31)14(2)26(25-13)12-16-8-15(6-7-19(16)32-5)17-9-21(29)33-20-11-24(3,4)10-18(28)22(17)20/h6-8,17H,9-12H2,1-5H3/t17-/m1/s1. The van der Waals surface area contributed by atoms with Crippen LogP contribution in [0.15, 0.2) is 29.5 Å². The quantitative estimate of drug-likeness (QED) is 0.380. The smallest absolute Gasteiger partial charge is 0.312 e. The summed E-state index contributed by atoms with van der Waals surface area (Å²) in [6.45, 7) is 7.50. The van der Waals surface area contributed by atoms with Gasteiger partial charge in [-0.05, 0) is 37.0 Å². The van der Waals surface area contributed by atoms with E-state index in [-0.39, 0.29) is 35.8 Å². The van der Waals surface area contributed by atoms with Crippen LogP contribution >= 0.6 is 0 Å². The van der Waals surface area contributed by atoms with Crippen LogP contribution in [0.4, 0.5) is 5.69 Å². The molecule has 1 atom stereocenters. The predicted octanol–water partition coefficient (Wildman–Crippen LogP) is 4.14. The van der Waals surface area contributed by atoms with Gasteiger partial charge in [0.1, 0.15) is 22.9 Å². The SMILES string of the molecule is COc1ccc([C@H]2CC(=O)OC3=C2C(=O)CC(C)(C)C3)cc1Cn1nc(C)c([N+](=O)[O-])c1C. The molecule has 1 aliphatic heterocycles. The third-order valence-electron chi connectivity index (χ3n) is 6.39. The van der Waals surface area contributed by atoms with Crippen molar-refractivity contribution in [3.05, 3.63) is 62.2 Å². The molecule has 174 valence electrons. The molecule has 0 spiro atoms. The molecule has 0 bridgehead atoms. The van der Waals surface area contributed by atoms with Crippen LogP contribution in [-0.2, 0) is 20.9 Å². The Morgan fingerprint density at radius 2 is 2.00 bits per heavy atom. The monoisotopic (exact) mass is 453 g/mol. The molecule has 4 rings (SSSR count). The molecule has 0 fully saturated rings. The number of carbonyl (C=O) groups is 2. The highest BCUT2D eigenvalue weighted by molar-refractivity contribution is 6.00. The molecule has 0 saturated heterocycles. The fraction of sp³-hybridized carbons (Fsp3) is 0.458. The number of rotatable bonds is 5. The van der Waals surface area contributed by atoms with Crippen LogP contribution in [0.1, 0.15) is 61.5 Å². The van der Waals surface area contributed by atoms with E-state index in [0.29, 0.717) is 41.3 Å². The van der Waals surface area contributed by atoms with Crippen molar-refractivity contribution in [3.63, 3.8) is 0 Å². The van der Waals surface area contributed by atoms with Crippen LogP contribution in [0.25, 0.3) is 0 Å². The van der Waals surface area contributed by atoms with Gasteiger partial charge in [0.15, 0.2) is 5.78 Å². The number of ether oxygens (including phenoxy) is 2. The molecule has 1 aliphatic carbocycles. The van der Waals surface area contributed by atoms with Gasteiger partial charge in [0.05, 0.1) is 25.0 Å². The minimum absolute atomic E-state index is 0.00490. The van der Waals surface area contributed by atoms with Crippen molar-refractivity contribution < 1.29 is 24.0 Å². The Morgan fingerprint density at radius 3 is 2.64 bits per heavy atom. The Labute approximate surface area is 191 Å². The molecule has 2 aromatic rings. The number of carbonyl (C=O) groups excluding carboxylic acids is 2. The van der Waals surface area contributed by atoms with E-state index in [9.17, 15) is 19.7 Å². The molecular formula is C24H27N3O6.